The number of carbonyl (C=O) groups excluding carboxylic acids is 1. The molecular formula is C18H16N4O2. The van der Waals surface area contributed by atoms with Crippen LogP contribution in [0.25, 0.3) is 5.69 Å². The van der Waals surface area contributed by atoms with E-state index in [2.05, 4.69) is 15.4 Å². The van der Waals surface area contributed by atoms with Crippen LogP contribution in [0.4, 0.5) is 0 Å². The van der Waals surface area contributed by atoms with Gasteiger partial charge in [-0.3, -0.25) is 9.78 Å². The topological polar surface area (TPSA) is 80.0 Å². The van der Waals surface area contributed by atoms with Gasteiger partial charge in [-0.05, 0) is 29.3 Å². The highest BCUT2D eigenvalue weighted by atomic mass is 16.3. The zero-order valence-electron chi connectivity index (χ0n) is 12.8. The lowest BCUT2D eigenvalue weighted by Crippen LogP contribution is -2.34. The lowest BCUT2D eigenvalue weighted by atomic mass is 10.1. The number of aliphatic hydroxyl groups is 1. The Hall–Kier alpha value is -2.99. The van der Waals surface area contributed by atoms with Crippen molar-refractivity contribution in [2.75, 3.05) is 0 Å². The number of fused-ring (bicyclic) bond motifs is 1. The fourth-order valence-corrected chi connectivity index (χ4v) is 3.07. The van der Waals surface area contributed by atoms with Gasteiger partial charge in [0.2, 0.25) is 0 Å². The smallest absolute Gasteiger partial charge is 0.270 e. The third kappa shape index (κ3) is 2.57. The van der Waals surface area contributed by atoms with Gasteiger partial charge in [0.25, 0.3) is 5.91 Å². The molecule has 1 aromatic carbocycles. The van der Waals surface area contributed by atoms with E-state index in [4.69, 9.17) is 0 Å². The van der Waals surface area contributed by atoms with E-state index in [9.17, 15) is 9.90 Å². The van der Waals surface area contributed by atoms with Crippen molar-refractivity contribution in [3.05, 3.63) is 77.9 Å². The Labute approximate surface area is 138 Å². The Morgan fingerprint density at radius 1 is 1.21 bits per heavy atom. The molecule has 2 heterocycles. The molecule has 0 radical (unpaired) electrons. The van der Waals surface area contributed by atoms with Crippen molar-refractivity contribution in [2.45, 2.75) is 18.6 Å². The van der Waals surface area contributed by atoms with E-state index in [1.54, 1.807) is 35.4 Å². The summed E-state index contributed by atoms with van der Waals surface area (Å²) in [6.45, 7) is 0. The Bertz CT molecular complexity index is 876. The third-order valence-corrected chi connectivity index (χ3v) is 4.24. The number of aliphatic hydroxyl groups excluding tert-OH is 1. The maximum Gasteiger partial charge on any atom is 0.270 e. The van der Waals surface area contributed by atoms with Gasteiger partial charge in [-0.2, -0.15) is 5.10 Å². The number of aromatic nitrogens is 3. The quantitative estimate of drug-likeness (QED) is 0.769. The molecule has 0 fully saturated rings. The fourth-order valence-electron chi connectivity index (χ4n) is 3.07. The fraction of sp³-hybridized carbons (Fsp3) is 0.167. The number of pyridine rings is 1. The minimum atomic E-state index is -0.624. The summed E-state index contributed by atoms with van der Waals surface area (Å²) >= 11 is 0. The number of benzene rings is 1. The van der Waals surface area contributed by atoms with Gasteiger partial charge < -0.3 is 10.4 Å². The molecule has 6 heteroatoms. The molecule has 2 atom stereocenters. The molecule has 6 nitrogen and oxygen atoms in total. The molecule has 1 aliphatic carbocycles. The van der Waals surface area contributed by atoms with E-state index >= 15 is 0 Å². The van der Waals surface area contributed by atoms with Crippen LogP contribution < -0.4 is 5.32 Å². The average Bonchev–Trinajstić information content (AvgIpc) is 3.24. The summed E-state index contributed by atoms with van der Waals surface area (Å²) in [5, 5.41) is 17.3. The number of nitrogens with one attached hydrogen (secondary N) is 1. The Kier molecular flexibility index (Phi) is 3.59. The van der Waals surface area contributed by atoms with Crippen molar-refractivity contribution in [1.82, 2.24) is 20.1 Å². The first-order valence-electron chi connectivity index (χ1n) is 7.75. The highest BCUT2D eigenvalue weighted by molar-refractivity contribution is 5.93. The van der Waals surface area contributed by atoms with Crippen LogP contribution in [-0.2, 0) is 6.42 Å². The summed E-state index contributed by atoms with van der Waals surface area (Å²) in [6, 6.07) is 12.6. The zero-order valence-corrected chi connectivity index (χ0v) is 12.8. The van der Waals surface area contributed by atoms with Crippen molar-refractivity contribution >= 4 is 5.91 Å². The summed E-state index contributed by atoms with van der Waals surface area (Å²) in [5.41, 5.74) is 3.07. The summed E-state index contributed by atoms with van der Waals surface area (Å²) in [7, 11) is 0. The molecule has 1 aliphatic rings. The van der Waals surface area contributed by atoms with Crippen molar-refractivity contribution in [3.63, 3.8) is 0 Å². The Balaban J connectivity index is 1.58. The van der Waals surface area contributed by atoms with Gasteiger partial charge in [-0.1, -0.05) is 24.3 Å². The highest BCUT2D eigenvalue weighted by Gasteiger charge is 2.32. The van der Waals surface area contributed by atoms with Gasteiger partial charge in [0.15, 0.2) is 0 Å². The molecular weight excluding hydrogens is 304 g/mol. The van der Waals surface area contributed by atoms with Gasteiger partial charge in [0.1, 0.15) is 5.69 Å². The average molecular weight is 320 g/mol. The largest absolute Gasteiger partial charge is 0.390 e. The number of rotatable bonds is 3. The van der Waals surface area contributed by atoms with Gasteiger partial charge >= 0.3 is 0 Å². The molecule has 0 aliphatic heterocycles. The molecule has 4 rings (SSSR count). The van der Waals surface area contributed by atoms with E-state index in [-0.39, 0.29) is 5.91 Å². The van der Waals surface area contributed by atoms with Gasteiger partial charge in [0.05, 0.1) is 17.8 Å². The predicted molar refractivity (Wildman–Crippen MR) is 87.7 cm³/mol. The minimum absolute atomic E-state index is 0.291. The number of amides is 1. The van der Waals surface area contributed by atoms with Crippen molar-refractivity contribution < 1.29 is 9.90 Å². The molecule has 2 aromatic heterocycles. The SMILES string of the molecule is O=C(N[C@H]1c2ccccc2C[C@@H]1O)c1cc(-n2cccn2)ccn1. The standard InChI is InChI=1S/C18H16N4O2/c23-16-10-12-4-1-2-5-14(12)17(16)21-18(24)15-11-13(6-8-19-15)22-9-3-7-20-22/h1-9,11,16-17,23H,10H2,(H,21,24)/t16-,17-/m0/s1. The minimum Gasteiger partial charge on any atom is -0.390 e. The molecule has 1 amide bonds. The molecule has 24 heavy (non-hydrogen) atoms. The number of nitrogens with zero attached hydrogens (tertiary/aromatic N) is 3. The normalized spacial score (nSPS) is 19.0. The van der Waals surface area contributed by atoms with Crippen LogP contribution in [0.5, 0.6) is 0 Å². The molecule has 0 bridgehead atoms. The Morgan fingerprint density at radius 3 is 2.92 bits per heavy atom. The molecule has 0 saturated heterocycles. The summed E-state index contributed by atoms with van der Waals surface area (Å²) < 4.78 is 1.66. The first kappa shape index (κ1) is 14.6. The summed E-state index contributed by atoms with van der Waals surface area (Å²) in [5.74, 6) is -0.315. The molecule has 3 aromatic rings. The number of carbonyl (C=O) groups is 1. The zero-order chi connectivity index (χ0) is 16.5. The van der Waals surface area contributed by atoms with Gasteiger partial charge in [-0.15, -0.1) is 0 Å². The number of hydrogen-bond donors (Lipinski definition) is 2. The third-order valence-electron chi connectivity index (χ3n) is 4.24. The maximum absolute atomic E-state index is 12.6. The van der Waals surface area contributed by atoms with Crippen LogP contribution in [0, 0.1) is 0 Å². The van der Waals surface area contributed by atoms with Crippen LogP contribution >= 0.6 is 0 Å². The van der Waals surface area contributed by atoms with Crippen molar-refractivity contribution in [1.29, 1.82) is 0 Å². The van der Waals surface area contributed by atoms with Crippen LogP contribution in [0.1, 0.15) is 27.7 Å². The maximum atomic E-state index is 12.6. The van der Waals surface area contributed by atoms with Crippen LogP contribution in [-0.4, -0.2) is 31.9 Å². The van der Waals surface area contributed by atoms with Gasteiger partial charge in [-0.25, -0.2) is 4.68 Å². The molecule has 0 saturated carbocycles. The monoisotopic (exact) mass is 320 g/mol. The number of hydrogen-bond acceptors (Lipinski definition) is 4. The Morgan fingerprint density at radius 2 is 2.08 bits per heavy atom. The van der Waals surface area contributed by atoms with E-state index < -0.39 is 12.1 Å². The second kappa shape index (κ2) is 5.90. The molecule has 120 valence electrons. The van der Waals surface area contributed by atoms with Crippen molar-refractivity contribution in [2.24, 2.45) is 0 Å². The van der Waals surface area contributed by atoms with Crippen LogP contribution in [0.2, 0.25) is 0 Å². The van der Waals surface area contributed by atoms with Crippen LogP contribution in [0.3, 0.4) is 0 Å². The van der Waals surface area contributed by atoms with Crippen molar-refractivity contribution in [3.8, 4) is 5.69 Å². The summed E-state index contributed by atoms with van der Waals surface area (Å²) in [4.78, 5) is 16.7. The lowest BCUT2D eigenvalue weighted by Gasteiger charge is -2.17. The molecule has 0 spiro atoms. The molecule has 2 N–H and O–H groups in total. The predicted octanol–water partition coefficient (Wildman–Crippen LogP) is 1.66. The first-order valence-corrected chi connectivity index (χ1v) is 7.75. The molecule has 0 unspecified atom stereocenters. The first-order chi connectivity index (χ1) is 11.7. The van der Waals surface area contributed by atoms with E-state index in [0.29, 0.717) is 12.1 Å². The van der Waals surface area contributed by atoms with E-state index in [0.717, 1.165) is 16.8 Å². The second-order valence-electron chi connectivity index (χ2n) is 5.77. The second-order valence-corrected chi connectivity index (χ2v) is 5.77. The highest BCUT2D eigenvalue weighted by Crippen LogP contribution is 2.31. The van der Waals surface area contributed by atoms with E-state index in [1.807, 2.05) is 30.3 Å². The van der Waals surface area contributed by atoms with Gasteiger partial charge in [0, 0.05) is 25.0 Å². The van der Waals surface area contributed by atoms with Crippen LogP contribution in [0.15, 0.2) is 61.1 Å². The van der Waals surface area contributed by atoms with E-state index in [1.165, 1.54) is 0 Å². The lowest BCUT2D eigenvalue weighted by molar-refractivity contribution is 0.0853. The summed E-state index contributed by atoms with van der Waals surface area (Å²) in [6.07, 6.45) is 4.97.